The fourth-order valence-corrected chi connectivity index (χ4v) is 1.43. The van der Waals surface area contributed by atoms with E-state index in [2.05, 4.69) is 10.3 Å². The molecule has 0 fully saturated rings. The fourth-order valence-electron chi connectivity index (χ4n) is 1.43. The SMILES string of the molecule is CC(C)(O)CNc1nc2ccc(C(=O)O)cc2o1. The lowest BCUT2D eigenvalue weighted by molar-refractivity contribution is 0.0696. The van der Waals surface area contributed by atoms with Gasteiger partial charge in [-0.3, -0.25) is 0 Å². The highest BCUT2D eigenvalue weighted by Gasteiger charge is 2.14. The van der Waals surface area contributed by atoms with Crippen molar-refractivity contribution in [1.29, 1.82) is 0 Å². The van der Waals surface area contributed by atoms with E-state index in [1.807, 2.05) is 0 Å². The van der Waals surface area contributed by atoms with Gasteiger partial charge in [0, 0.05) is 6.54 Å². The number of nitrogens with zero attached hydrogens (tertiary/aromatic N) is 1. The van der Waals surface area contributed by atoms with Crippen LogP contribution in [0.15, 0.2) is 22.6 Å². The van der Waals surface area contributed by atoms with E-state index < -0.39 is 11.6 Å². The van der Waals surface area contributed by atoms with E-state index in [0.717, 1.165) is 0 Å². The van der Waals surface area contributed by atoms with Crippen molar-refractivity contribution in [3.63, 3.8) is 0 Å². The second-order valence-electron chi connectivity index (χ2n) is 4.67. The van der Waals surface area contributed by atoms with E-state index in [4.69, 9.17) is 9.52 Å². The molecule has 0 spiro atoms. The summed E-state index contributed by atoms with van der Waals surface area (Å²) in [5, 5.41) is 21.3. The Morgan fingerprint density at radius 1 is 1.50 bits per heavy atom. The van der Waals surface area contributed by atoms with Gasteiger partial charge in [-0.05, 0) is 32.0 Å². The monoisotopic (exact) mass is 250 g/mol. The molecule has 0 aliphatic rings. The number of fused-ring (bicyclic) bond motifs is 1. The number of benzene rings is 1. The lowest BCUT2D eigenvalue weighted by Gasteiger charge is -2.16. The third kappa shape index (κ3) is 2.78. The molecule has 0 atom stereocenters. The van der Waals surface area contributed by atoms with Crippen LogP contribution in [-0.2, 0) is 0 Å². The third-order valence-electron chi connectivity index (χ3n) is 2.31. The molecule has 1 aromatic carbocycles. The molecule has 0 bridgehead atoms. The second-order valence-corrected chi connectivity index (χ2v) is 4.67. The zero-order valence-electron chi connectivity index (χ0n) is 10.1. The van der Waals surface area contributed by atoms with Crippen LogP contribution < -0.4 is 5.32 Å². The Kier molecular flexibility index (Phi) is 2.96. The maximum absolute atomic E-state index is 10.8. The Bertz CT molecular complexity index is 583. The largest absolute Gasteiger partial charge is 0.478 e. The van der Waals surface area contributed by atoms with Gasteiger partial charge in [-0.15, -0.1) is 0 Å². The zero-order chi connectivity index (χ0) is 13.3. The Hall–Kier alpha value is -2.08. The lowest BCUT2D eigenvalue weighted by Crippen LogP contribution is -2.29. The van der Waals surface area contributed by atoms with Gasteiger partial charge in [-0.25, -0.2) is 4.79 Å². The van der Waals surface area contributed by atoms with E-state index >= 15 is 0 Å². The van der Waals surface area contributed by atoms with Gasteiger partial charge in [0.15, 0.2) is 5.58 Å². The highest BCUT2D eigenvalue weighted by atomic mass is 16.4. The molecule has 0 aliphatic heterocycles. The lowest BCUT2D eigenvalue weighted by atomic mass is 10.1. The summed E-state index contributed by atoms with van der Waals surface area (Å²) in [5.41, 5.74) is 0.228. The number of hydrogen-bond acceptors (Lipinski definition) is 5. The maximum atomic E-state index is 10.8. The molecule has 1 heterocycles. The molecular formula is C12H14N2O4. The molecule has 6 nitrogen and oxygen atoms in total. The van der Waals surface area contributed by atoms with Gasteiger partial charge in [0.2, 0.25) is 0 Å². The molecule has 1 aromatic heterocycles. The molecule has 0 aliphatic carbocycles. The van der Waals surface area contributed by atoms with Gasteiger partial charge in [-0.2, -0.15) is 4.98 Å². The van der Waals surface area contributed by atoms with Gasteiger partial charge in [0.1, 0.15) is 5.52 Å². The summed E-state index contributed by atoms with van der Waals surface area (Å²) in [6.45, 7) is 3.60. The smallest absolute Gasteiger partial charge is 0.335 e. The number of aliphatic hydroxyl groups is 1. The minimum atomic E-state index is -1.01. The number of carboxylic acid groups (broad SMARTS) is 1. The van der Waals surface area contributed by atoms with Crippen LogP contribution in [0.3, 0.4) is 0 Å². The minimum absolute atomic E-state index is 0.146. The normalized spacial score (nSPS) is 11.7. The number of carboxylic acids is 1. The number of oxazole rings is 1. The van der Waals surface area contributed by atoms with Crippen LogP contribution in [0.4, 0.5) is 6.01 Å². The van der Waals surface area contributed by atoms with Crippen LogP contribution in [0.2, 0.25) is 0 Å². The number of carbonyl (C=O) groups is 1. The molecule has 6 heteroatoms. The van der Waals surface area contributed by atoms with Crippen LogP contribution in [0.1, 0.15) is 24.2 Å². The molecule has 0 unspecified atom stereocenters. The summed E-state index contributed by atoms with van der Waals surface area (Å²) < 4.78 is 5.36. The Balaban J connectivity index is 2.24. The van der Waals surface area contributed by atoms with Crippen molar-refractivity contribution in [1.82, 2.24) is 4.98 Å². The van der Waals surface area contributed by atoms with Gasteiger partial charge in [-0.1, -0.05) is 0 Å². The summed E-state index contributed by atoms with van der Waals surface area (Å²) in [6, 6.07) is 4.72. The van der Waals surface area contributed by atoms with Crippen molar-refractivity contribution in [2.24, 2.45) is 0 Å². The molecule has 0 saturated carbocycles. The highest BCUT2D eigenvalue weighted by molar-refractivity contribution is 5.92. The first kappa shape index (κ1) is 12.4. The quantitative estimate of drug-likeness (QED) is 0.764. The molecule has 0 amide bonds. The first-order valence-corrected chi connectivity index (χ1v) is 5.45. The topological polar surface area (TPSA) is 95.6 Å². The van der Waals surface area contributed by atoms with E-state index in [9.17, 15) is 9.90 Å². The molecular weight excluding hydrogens is 236 g/mol. The van der Waals surface area contributed by atoms with Gasteiger partial charge in [0.05, 0.1) is 11.2 Å². The van der Waals surface area contributed by atoms with Crippen molar-refractivity contribution in [2.45, 2.75) is 19.4 Å². The molecule has 2 aromatic rings. The summed E-state index contributed by atoms with van der Waals surface area (Å²) in [5.74, 6) is -1.01. The van der Waals surface area contributed by atoms with Crippen LogP contribution in [0.25, 0.3) is 11.1 Å². The number of nitrogens with one attached hydrogen (secondary N) is 1. The predicted molar refractivity (Wildman–Crippen MR) is 65.8 cm³/mol. The van der Waals surface area contributed by atoms with E-state index in [1.165, 1.54) is 12.1 Å². The molecule has 0 saturated heterocycles. The summed E-state index contributed by atoms with van der Waals surface area (Å²) >= 11 is 0. The number of rotatable bonds is 4. The fraction of sp³-hybridized carbons (Fsp3) is 0.333. The Morgan fingerprint density at radius 2 is 2.22 bits per heavy atom. The predicted octanol–water partition coefficient (Wildman–Crippen LogP) is 1.71. The van der Waals surface area contributed by atoms with Crippen molar-refractivity contribution >= 4 is 23.1 Å². The standard InChI is InChI=1S/C12H14N2O4/c1-12(2,17)6-13-11-14-8-4-3-7(10(15)16)5-9(8)18-11/h3-5,17H,6H2,1-2H3,(H,13,14)(H,15,16). The summed E-state index contributed by atoms with van der Waals surface area (Å²) in [4.78, 5) is 14.9. The first-order valence-electron chi connectivity index (χ1n) is 5.45. The second kappa shape index (κ2) is 4.30. The van der Waals surface area contributed by atoms with Crippen LogP contribution >= 0.6 is 0 Å². The molecule has 18 heavy (non-hydrogen) atoms. The van der Waals surface area contributed by atoms with Gasteiger partial charge < -0.3 is 19.9 Å². The van der Waals surface area contributed by atoms with Crippen LogP contribution in [-0.4, -0.2) is 33.3 Å². The molecule has 3 N–H and O–H groups in total. The molecule has 2 rings (SSSR count). The average Bonchev–Trinajstić information content (AvgIpc) is 2.66. The van der Waals surface area contributed by atoms with Crippen molar-refractivity contribution in [3.8, 4) is 0 Å². The first-order chi connectivity index (χ1) is 8.35. The van der Waals surface area contributed by atoms with E-state index in [1.54, 1.807) is 19.9 Å². The van der Waals surface area contributed by atoms with Crippen molar-refractivity contribution < 1.29 is 19.4 Å². The van der Waals surface area contributed by atoms with Crippen molar-refractivity contribution in [2.75, 3.05) is 11.9 Å². The minimum Gasteiger partial charge on any atom is -0.478 e. The summed E-state index contributed by atoms with van der Waals surface area (Å²) in [7, 11) is 0. The number of aromatic nitrogens is 1. The Morgan fingerprint density at radius 3 is 2.83 bits per heavy atom. The highest BCUT2D eigenvalue weighted by Crippen LogP contribution is 2.20. The van der Waals surface area contributed by atoms with Crippen LogP contribution in [0, 0.1) is 0 Å². The molecule has 0 radical (unpaired) electrons. The van der Waals surface area contributed by atoms with E-state index in [-0.39, 0.29) is 18.1 Å². The van der Waals surface area contributed by atoms with Gasteiger partial charge >= 0.3 is 5.97 Å². The van der Waals surface area contributed by atoms with Crippen molar-refractivity contribution in [3.05, 3.63) is 23.8 Å². The zero-order valence-corrected chi connectivity index (χ0v) is 10.1. The van der Waals surface area contributed by atoms with Gasteiger partial charge in [0.25, 0.3) is 6.01 Å². The van der Waals surface area contributed by atoms with E-state index in [0.29, 0.717) is 11.1 Å². The summed E-state index contributed by atoms with van der Waals surface area (Å²) in [6.07, 6.45) is 0. The number of anilines is 1. The maximum Gasteiger partial charge on any atom is 0.335 e. The molecule has 96 valence electrons. The Labute approximate surface area is 103 Å². The van der Waals surface area contributed by atoms with Crippen LogP contribution in [0.5, 0.6) is 0 Å². The number of hydrogen-bond donors (Lipinski definition) is 3. The average molecular weight is 250 g/mol. The third-order valence-corrected chi connectivity index (χ3v) is 2.31. The number of aromatic carboxylic acids is 1.